The summed E-state index contributed by atoms with van der Waals surface area (Å²) >= 11 is 0. The molecule has 0 unspecified atom stereocenters. The monoisotopic (exact) mass is 329 g/mol. The van der Waals surface area contributed by atoms with E-state index in [0.717, 1.165) is 11.3 Å². The van der Waals surface area contributed by atoms with Gasteiger partial charge in [-0.25, -0.2) is 0 Å². The van der Waals surface area contributed by atoms with Crippen molar-refractivity contribution >= 4 is 11.6 Å². The highest BCUT2D eigenvalue weighted by molar-refractivity contribution is 5.92. The van der Waals surface area contributed by atoms with Crippen LogP contribution in [-0.4, -0.2) is 32.8 Å². The van der Waals surface area contributed by atoms with Crippen molar-refractivity contribution in [2.75, 3.05) is 32.2 Å². The highest BCUT2D eigenvalue weighted by Crippen LogP contribution is 2.18. The number of nitrogens with one attached hydrogen (secondary N) is 1. The number of amides is 1. The summed E-state index contributed by atoms with van der Waals surface area (Å²) in [6, 6.07) is 14.8. The van der Waals surface area contributed by atoms with Crippen molar-refractivity contribution in [2.45, 2.75) is 13.3 Å². The van der Waals surface area contributed by atoms with Crippen LogP contribution in [0.2, 0.25) is 0 Å². The number of hydrogen-bond donors (Lipinski definition) is 1. The van der Waals surface area contributed by atoms with E-state index in [1.807, 2.05) is 49.4 Å². The van der Waals surface area contributed by atoms with Crippen LogP contribution < -0.4 is 14.8 Å². The molecule has 0 fully saturated rings. The molecule has 2 rings (SSSR count). The first-order valence-corrected chi connectivity index (χ1v) is 7.94. The Morgan fingerprint density at radius 3 is 2.54 bits per heavy atom. The van der Waals surface area contributed by atoms with Crippen molar-refractivity contribution in [3.8, 4) is 11.5 Å². The quantitative estimate of drug-likeness (QED) is 0.717. The average Bonchev–Trinajstić information content (AvgIpc) is 2.60. The van der Waals surface area contributed by atoms with E-state index >= 15 is 0 Å². The molecule has 0 aromatic heterocycles. The van der Waals surface area contributed by atoms with Crippen LogP contribution in [0.1, 0.15) is 12.5 Å². The standard InChI is InChI=1S/C19H23NO4/c1-3-23-11-12-24-18-6-4-5-16(14-18)20-19(21)13-15-7-9-17(22-2)10-8-15/h4-10,14H,3,11-13H2,1-2H3,(H,20,21). The molecule has 0 bridgehead atoms. The Bertz CT molecular complexity index is 640. The van der Waals surface area contributed by atoms with Crippen LogP contribution in [0.3, 0.4) is 0 Å². The van der Waals surface area contributed by atoms with Gasteiger partial charge in [0.15, 0.2) is 0 Å². The van der Waals surface area contributed by atoms with Crippen LogP contribution in [0, 0.1) is 0 Å². The minimum absolute atomic E-state index is 0.0772. The lowest BCUT2D eigenvalue weighted by Crippen LogP contribution is -2.14. The Labute approximate surface area is 142 Å². The van der Waals surface area contributed by atoms with Gasteiger partial charge in [0.1, 0.15) is 18.1 Å². The molecule has 1 amide bonds. The van der Waals surface area contributed by atoms with Crippen molar-refractivity contribution in [1.29, 1.82) is 0 Å². The Hall–Kier alpha value is -2.53. The molecule has 0 radical (unpaired) electrons. The second-order valence-electron chi connectivity index (χ2n) is 5.15. The zero-order valence-corrected chi connectivity index (χ0v) is 14.1. The molecule has 0 saturated carbocycles. The molecule has 0 spiro atoms. The first-order chi connectivity index (χ1) is 11.7. The van der Waals surface area contributed by atoms with Crippen LogP contribution in [0.4, 0.5) is 5.69 Å². The molecular weight excluding hydrogens is 306 g/mol. The molecular formula is C19H23NO4. The van der Waals surface area contributed by atoms with Gasteiger partial charge in [0.25, 0.3) is 0 Å². The van der Waals surface area contributed by atoms with Crippen LogP contribution in [0.25, 0.3) is 0 Å². The summed E-state index contributed by atoms with van der Waals surface area (Å²) in [6.07, 6.45) is 0.305. The minimum atomic E-state index is -0.0772. The van der Waals surface area contributed by atoms with Crippen LogP contribution >= 0.6 is 0 Å². The zero-order valence-electron chi connectivity index (χ0n) is 14.1. The molecule has 1 N–H and O–H groups in total. The molecule has 0 aliphatic heterocycles. The summed E-state index contributed by atoms with van der Waals surface area (Å²) < 4.78 is 15.9. The van der Waals surface area contributed by atoms with E-state index in [9.17, 15) is 4.79 Å². The van der Waals surface area contributed by atoms with Gasteiger partial charge in [0, 0.05) is 18.4 Å². The lowest BCUT2D eigenvalue weighted by molar-refractivity contribution is -0.115. The first kappa shape index (κ1) is 17.8. The van der Waals surface area contributed by atoms with Crippen molar-refractivity contribution in [1.82, 2.24) is 0 Å². The van der Waals surface area contributed by atoms with Gasteiger partial charge in [-0.1, -0.05) is 18.2 Å². The number of benzene rings is 2. The lowest BCUT2D eigenvalue weighted by Gasteiger charge is -2.09. The lowest BCUT2D eigenvalue weighted by atomic mass is 10.1. The number of ether oxygens (including phenoxy) is 3. The summed E-state index contributed by atoms with van der Waals surface area (Å²) in [5.41, 5.74) is 1.64. The van der Waals surface area contributed by atoms with Crippen molar-refractivity contribution in [3.05, 3.63) is 54.1 Å². The molecule has 24 heavy (non-hydrogen) atoms. The number of rotatable bonds is 9. The molecule has 0 aliphatic rings. The van der Waals surface area contributed by atoms with Crippen LogP contribution in [0.5, 0.6) is 11.5 Å². The van der Waals surface area contributed by atoms with Crippen molar-refractivity contribution in [2.24, 2.45) is 0 Å². The molecule has 0 aliphatic carbocycles. The molecule has 2 aromatic rings. The van der Waals surface area contributed by atoms with E-state index in [0.29, 0.717) is 37.7 Å². The van der Waals surface area contributed by atoms with E-state index < -0.39 is 0 Å². The van der Waals surface area contributed by atoms with Gasteiger partial charge in [0.05, 0.1) is 20.1 Å². The number of anilines is 1. The third-order valence-electron chi connectivity index (χ3n) is 3.34. The topological polar surface area (TPSA) is 56.8 Å². The SMILES string of the molecule is CCOCCOc1cccc(NC(=O)Cc2ccc(OC)cc2)c1. The molecule has 2 aromatic carbocycles. The highest BCUT2D eigenvalue weighted by Gasteiger charge is 2.05. The number of carbonyl (C=O) groups excluding carboxylic acids is 1. The van der Waals surface area contributed by atoms with Gasteiger partial charge < -0.3 is 19.5 Å². The smallest absolute Gasteiger partial charge is 0.228 e. The van der Waals surface area contributed by atoms with Gasteiger partial charge in [-0.05, 0) is 36.8 Å². The maximum atomic E-state index is 12.1. The number of hydrogen-bond acceptors (Lipinski definition) is 4. The Balaban J connectivity index is 1.86. The summed E-state index contributed by atoms with van der Waals surface area (Å²) in [6.45, 7) is 3.64. The third kappa shape index (κ3) is 5.93. The fourth-order valence-corrected chi connectivity index (χ4v) is 2.16. The molecule has 0 atom stereocenters. The van der Waals surface area contributed by atoms with Crippen LogP contribution in [-0.2, 0) is 16.0 Å². The average molecular weight is 329 g/mol. The molecule has 0 saturated heterocycles. The van der Waals surface area contributed by atoms with Gasteiger partial charge in [0.2, 0.25) is 5.91 Å². The Morgan fingerprint density at radius 1 is 1.04 bits per heavy atom. The van der Waals surface area contributed by atoms with Gasteiger partial charge in [-0.3, -0.25) is 4.79 Å². The summed E-state index contributed by atoms with van der Waals surface area (Å²) in [5.74, 6) is 1.40. The summed E-state index contributed by atoms with van der Waals surface area (Å²) in [7, 11) is 1.62. The summed E-state index contributed by atoms with van der Waals surface area (Å²) in [4.78, 5) is 12.1. The predicted octanol–water partition coefficient (Wildman–Crippen LogP) is 3.29. The Morgan fingerprint density at radius 2 is 1.83 bits per heavy atom. The maximum absolute atomic E-state index is 12.1. The number of carbonyl (C=O) groups is 1. The minimum Gasteiger partial charge on any atom is -0.497 e. The molecule has 128 valence electrons. The molecule has 0 heterocycles. The number of methoxy groups -OCH3 is 1. The van der Waals surface area contributed by atoms with E-state index in [1.54, 1.807) is 13.2 Å². The normalized spacial score (nSPS) is 10.2. The van der Waals surface area contributed by atoms with Gasteiger partial charge in [-0.2, -0.15) is 0 Å². The maximum Gasteiger partial charge on any atom is 0.228 e. The third-order valence-corrected chi connectivity index (χ3v) is 3.34. The predicted molar refractivity (Wildman–Crippen MR) is 93.8 cm³/mol. The van der Waals surface area contributed by atoms with E-state index in [4.69, 9.17) is 14.2 Å². The fraction of sp³-hybridized carbons (Fsp3) is 0.316. The first-order valence-electron chi connectivity index (χ1n) is 7.94. The molecule has 5 heteroatoms. The second-order valence-corrected chi connectivity index (χ2v) is 5.15. The van der Waals surface area contributed by atoms with Gasteiger partial charge >= 0.3 is 0 Å². The van der Waals surface area contributed by atoms with Crippen molar-refractivity contribution in [3.63, 3.8) is 0 Å². The Kier molecular flexibility index (Phi) is 7.11. The van der Waals surface area contributed by atoms with Gasteiger partial charge in [-0.15, -0.1) is 0 Å². The van der Waals surface area contributed by atoms with Crippen LogP contribution in [0.15, 0.2) is 48.5 Å². The summed E-state index contributed by atoms with van der Waals surface area (Å²) in [5, 5.41) is 2.88. The van der Waals surface area contributed by atoms with Crippen molar-refractivity contribution < 1.29 is 19.0 Å². The largest absolute Gasteiger partial charge is 0.497 e. The highest BCUT2D eigenvalue weighted by atomic mass is 16.5. The zero-order chi connectivity index (χ0) is 17.2. The van der Waals surface area contributed by atoms with E-state index in [-0.39, 0.29) is 5.91 Å². The van der Waals surface area contributed by atoms with E-state index in [1.165, 1.54) is 0 Å². The van der Waals surface area contributed by atoms with E-state index in [2.05, 4.69) is 5.32 Å². The second kappa shape index (κ2) is 9.57. The fourth-order valence-electron chi connectivity index (χ4n) is 2.16. The molecule has 5 nitrogen and oxygen atoms in total.